The first-order chi connectivity index (χ1) is 11.2. The first kappa shape index (κ1) is 14.9. The smallest absolute Gasteiger partial charge is 0.266 e. The Kier molecular flexibility index (Phi) is 4.18. The molecule has 0 unspecified atom stereocenters. The van der Waals surface area contributed by atoms with Gasteiger partial charge in [0.25, 0.3) is 5.91 Å². The molecule has 6 heteroatoms. The summed E-state index contributed by atoms with van der Waals surface area (Å²) in [4.78, 5) is 12.2. The second-order valence-corrected chi connectivity index (χ2v) is 5.18. The number of ether oxygens (including phenoxy) is 2. The number of nitrogens with one attached hydrogen (secondary N) is 1. The molecule has 0 aliphatic carbocycles. The lowest BCUT2D eigenvalue weighted by Crippen LogP contribution is -2.13. The van der Waals surface area contributed by atoms with Crippen LogP contribution in [0.4, 0.5) is 5.69 Å². The molecule has 2 aromatic carbocycles. The Morgan fingerprint density at radius 3 is 2.65 bits per heavy atom. The summed E-state index contributed by atoms with van der Waals surface area (Å²) in [6, 6.07) is 13.8. The number of anilines is 1. The minimum absolute atomic E-state index is 0.00927. The molecule has 0 saturated carbocycles. The van der Waals surface area contributed by atoms with Crippen molar-refractivity contribution in [1.29, 1.82) is 5.26 Å². The maximum atomic E-state index is 12.2. The molecule has 23 heavy (non-hydrogen) atoms. The number of amides is 1. The number of rotatable bonds is 3. The van der Waals surface area contributed by atoms with Crippen LogP contribution in [0.5, 0.6) is 11.5 Å². The van der Waals surface area contributed by atoms with E-state index in [4.69, 9.17) is 21.1 Å². The summed E-state index contributed by atoms with van der Waals surface area (Å²) in [7, 11) is 0. The molecule has 0 radical (unpaired) electrons. The van der Waals surface area contributed by atoms with Gasteiger partial charge >= 0.3 is 0 Å². The Balaban J connectivity index is 1.78. The monoisotopic (exact) mass is 326 g/mol. The number of nitrogens with zero attached hydrogens (tertiary/aromatic N) is 1. The molecule has 3 rings (SSSR count). The first-order valence-electron chi connectivity index (χ1n) is 6.74. The van der Waals surface area contributed by atoms with E-state index in [2.05, 4.69) is 5.32 Å². The molecule has 1 heterocycles. The van der Waals surface area contributed by atoms with Crippen molar-refractivity contribution >= 4 is 29.3 Å². The standard InChI is InChI=1S/C17H11ClN2O3/c18-13-3-1-11(2-4-13)7-12(9-19)17(21)20-14-5-6-15-16(8-14)23-10-22-15/h1-8H,10H2,(H,20,21)/b12-7+. The summed E-state index contributed by atoms with van der Waals surface area (Å²) in [5.74, 6) is 0.685. The topological polar surface area (TPSA) is 71.4 Å². The van der Waals surface area contributed by atoms with E-state index in [1.54, 1.807) is 42.5 Å². The van der Waals surface area contributed by atoms with Crippen molar-refractivity contribution in [2.45, 2.75) is 0 Å². The lowest BCUT2D eigenvalue weighted by molar-refractivity contribution is -0.112. The normalized spacial score (nSPS) is 12.6. The second kappa shape index (κ2) is 6.42. The zero-order valence-electron chi connectivity index (χ0n) is 11.9. The third kappa shape index (κ3) is 3.44. The molecule has 1 aliphatic rings. The molecule has 1 aliphatic heterocycles. The van der Waals surface area contributed by atoms with Crippen molar-refractivity contribution in [3.05, 3.63) is 58.6 Å². The third-order valence-corrected chi connectivity index (χ3v) is 3.43. The number of fused-ring (bicyclic) bond motifs is 1. The van der Waals surface area contributed by atoms with Crippen molar-refractivity contribution in [3.63, 3.8) is 0 Å². The van der Waals surface area contributed by atoms with Crippen LogP contribution in [0.25, 0.3) is 6.08 Å². The quantitative estimate of drug-likeness (QED) is 0.691. The third-order valence-electron chi connectivity index (χ3n) is 3.18. The summed E-state index contributed by atoms with van der Waals surface area (Å²) in [6.45, 7) is 0.159. The molecule has 0 bridgehead atoms. The van der Waals surface area contributed by atoms with E-state index >= 15 is 0 Å². The van der Waals surface area contributed by atoms with E-state index in [1.165, 1.54) is 6.08 Å². The van der Waals surface area contributed by atoms with Gasteiger partial charge in [0, 0.05) is 16.8 Å². The number of carbonyl (C=O) groups excluding carboxylic acids is 1. The number of hydrogen-bond acceptors (Lipinski definition) is 4. The van der Waals surface area contributed by atoms with Crippen LogP contribution >= 0.6 is 11.6 Å². The highest BCUT2D eigenvalue weighted by Gasteiger charge is 2.15. The van der Waals surface area contributed by atoms with Gasteiger partial charge in [-0.1, -0.05) is 23.7 Å². The van der Waals surface area contributed by atoms with Crippen LogP contribution in [0.3, 0.4) is 0 Å². The fourth-order valence-corrected chi connectivity index (χ4v) is 2.17. The molecular formula is C17H11ClN2O3. The highest BCUT2D eigenvalue weighted by atomic mass is 35.5. The average molecular weight is 327 g/mol. The SMILES string of the molecule is N#C/C(=C\c1ccc(Cl)cc1)C(=O)Nc1ccc2c(c1)OCO2. The van der Waals surface area contributed by atoms with Gasteiger partial charge in [0.15, 0.2) is 11.5 Å². The van der Waals surface area contributed by atoms with Gasteiger partial charge in [-0.25, -0.2) is 0 Å². The van der Waals surface area contributed by atoms with Crippen LogP contribution < -0.4 is 14.8 Å². The second-order valence-electron chi connectivity index (χ2n) is 4.74. The molecule has 5 nitrogen and oxygen atoms in total. The molecular weight excluding hydrogens is 316 g/mol. The highest BCUT2D eigenvalue weighted by molar-refractivity contribution is 6.30. The van der Waals surface area contributed by atoms with Crippen LogP contribution in [0.2, 0.25) is 5.02 Å². The van der Waals surface area contributed by atoms with Crippen LogP contribution in [0, 0.1) is 11.3 Å². The number of benzene rings is 2. The van der Waals surface area contributed by atoms with Crippen LogP contribution in [0.1, 0.15) is 5.56 Å². The van der Waals surface area contributed by atoms with Crippen molar-refractivity contribution in [3.8, 4) is 17.6 Å². The zero-order chi connectivity index (χ0) is 16.2. The lowest BCUT2D eigenvalue weighted by atomic mass is 10.1. The van der Waals surface area contributed by atoms with Crippen LogP contribution in [0.15, 0.2) is 48.0 Å². The summed E-state index contributed by atoms with van der Waals surface area (Å²) < 4.78 is 10.5. The number of nitriles is 1. The minimum atomic E-state index is -0.499. The fourth-order valence-electron chi connectivity index (χ4n) is 2.05. The molecule has 1 amide bonds. The van der Waals surface area contributed by atoms with E-state index in [1.807, 2.05) is 6.07 Å². The van der Waals surface area contributed by atoms with E-state index < -0.39 is 5.91 Å². The minimum Gasteiger partial charge on any atom is -0.454 e. The predicted octanol–water partition coefficient (Wildman–Crippen LogP) is 3.61. The van der Waals surface area contributed by atoms with Gasteiger partial charge in [0.2, 0.25) is 6.79 Å². The Morgan fingerprint density at radius 2 is 1.91 bits per heavy atom. The van der Waals surface area contributed by atoms with Crippen molar-refractivity contribution in [2.24, 2.45) is 0 Å². The summed E-state index contributed by atoms with van der Waals surface area (Å²) in [6.07, 6.45) is 1.50. The Labute approximate surface area is 137 Å². The van der Waals surface area contributed by atoms with Crippen molar-refractivity contribution in [2.75, 3.05) is 12.1 Å². The van der Waals surface area contributed by atoms with Gasteiger partial charge in [-0.2, -0.15) is 5.26 Å². The highest BCUT2D eigenvalue weighted by Crippen LogP contribution is 2.34. The molecule has 0 spiro atoms. The van der Waals surface area contributed by atoms with Gasteiger partial charge < -0.3 is 14.8 Å². The predicted molar refractivity (Wildman–Crippen MR) is 86.2 cm³/mol. The number of halogens is 1. The number of hydrogen-bond donors (Lipinski definition) is 1. The van der Waals surface area contributed by atoms with Crippen molar-refractivity contribution in [1.82, 2.24) is 0 Å². The Morgan fingerprint density at radius 1 is 1.17 bits per heavy atom. The van der Waals surface area contributed by atoms with Crippen LogP contribution in [-0.4, -0.2) is 12.7 Å². The first-order valence-corrected chi connectivity index (χ1v) is 7.12. The van der Waals surface area contributed by atoms with E-state index in [-0.39, 0.29) is 12.4 Å². The molecule has 0 atom stereocenters. The molecule has 0 fully saturated rings. The van der Waals surface area contributed by atoms with Gasteiger partial charge in [-0.3, -0.25) is 4.79 Å². The summed E-state index contributed by atoms with van der Waals surface area (Å²) in [5.41, 5.74) is 1.23. The van der Waals surface area contributed by atoms with Crippen LogP contribution in [-0.2, 0) is 4.79 Å². The molecule has 2 aromatic rings. The molecule has 114 valence electrons. The van der Waals surface area contributed by atoms with E-state index in [0.717, 1.165) is 0 Å². The molecule has 0 saturated heterocycles. The molecule has 0 aromatic heterocycles. The largest absolute Gasteiger partial charge is 0.454 e. The molecule has 1 N–H and O–H groups in total. The van der Waals surface area contributed by atoms with E-state index in [0.29, 0.717) is 27.8 Å². The average Bonchev–Trinajstić information content (AvgIpc) is 3.02. The van der Waals surface area contributed by atoms with Gasteiger partial charge in [-0.05, 0) is 35.9 Å². The number of carbonyl (C=O) groups is 1. The lowest BCUT2D eigenvalue weighted by Gasteiger charge is -2.05. The summed E-state index contributed by atoms with van der Waals surface area (Å²) in [5, 5.41) is 12.4. The Hall–Kier alpha value is -2.97. The summed E-state index contributed by atoms with van der Waals surface area (Å²) >= 11 is 5.81. The van der Waals surface area contributed by atoms with Gasteiger partial charge in [-0.15, -0.1) is 0 Å². The van der Waals surface area contributed by atoms with Gasteiger partial charge in [0.05, 0.1) is 0 Å². The fraction of sp³-hybridized carbons (Fsp3) is 0.0588. The van der Waals surface area contributed by atoms with Gasteiger partial charge in [0.1, 0.15) is 11.6 Å². The maximum absolute atomic E-state index is 12.2. The Bertz CT molecular complexity index is 823. The maximum Gasteiger partial charge on any atom is 0.266 e. The van der Waals surface area contributed by atoms with E-state index in [9.17, 15) is 10.1 Å². The van der Waals surface area contributed by atoms with Crippen molar-refractivity contribution < 1.29 is 14.3 Å². The zero-order valence-corrected chi connectivity index (χ0v) is 12.6.